The lowest BCUT2D eigenvalue weighted by Gasteiger charge is -2.38. The molecule has 1 atom stereocenters. The summed E-state index contributed by atoms with van der Waals surface area (Å²) >= 11 is 0. The number of hydrogen-bond acceptors (Lipinski definition) is 3. The fraction of sp³-hybridized carbons (Fsp3) is 0.350. The van der Waals surface area contributed by atoms with Crippen LogP contribution in [0.2, 0.25) is 0 Å². The summed E-state index contributed by atoms with van der Waals surface area (Å²) in [6.45, 7) is 6.18. The highest BCUT2D eigenvalue weighted by Crippen LogP contribution is 2.46. The largest absolute Gasteiger partial charge is 0.492 e. The van der Waals surface area contributed by atoms with E-state index in [1.165, 1.54) is 6.07 Å². The van der Waals surface area contributed by atoms with E-state index in [2.05, 4.69) is 6.92 Å². The zero-order valence-corrected chi connectivity index (χ0v) is 14.6. The number of aryl methyl sites for hydroxylation is 1. The molecule has 0 bridgehead atoms. The quantitative estimate of drug-likeness (QED) is 0.885. The molecular formula is C20H22FNO3. The third kappa shape index (κ3) is 3.31. The summed E-state index contributed by atoms with van der Waals surface area (Å²) in [4.78, 5) is 11.3. The number of fused-ring (bicyclic) bond motifs is 1. The summed E-state index contributed by atoms with van der Waals surface area (Å²) in [6.07, 6.45) is -0.662. The highest BCUT2D eigenvalue weighted by molar-refractivity contribution is 5.69. The molecule has 2 N–H and O–H groups in total. The maximum absolute atomic E-state index is 14.8. The van der Waals surface area contributed by atoms with Gasteiger partial charge < -0.3 is 15.2 Å². The third-order valence-corrected chi connectivity index (χ3v) is 4.57. The number of rotatable bonds is 3. The van der Waals surface area contributed by atoms with Crippen LogP contribution in [0.4, 0.5) is 9.18 Å². The normalized spacial score (nSPS) is 18.2. The minimum Gasteiger partial charge on any atom is -0.492 e. The van der Waals surface area contributed by atoms with Gasteiger partial charge in [-0.25, -0.2) is 9.18 Å². The topological polar surface area (TPSA) is 61.5 Å². The Bertz CT molecular complexity index is 817. The second kappa shape index (κ2) is 6.39. The van der Waals surface area contributed by atoms with E-state index in [1.54, 1.807) is 6.07 Å². The molecule has 1 aliphatic heterocycles. The molecule has 1 aliphatic rings. The van der Waals surface area contributed by atoms with Gasteiger partial charge in [0.2, 0.25) is 0 Å². The molecule has 0 saturated carbocycles. The van der Waals surface area contributed by atoms with Gasteiger partial charge >= 0.3 is 6.09 Å². The molecule has 0 saturated heterocycles. The maximum atomic E-state index is 14.8. The number of ether oxygens (including phenoxy) is 2. The lowest BCUT2D eigenvalue weighted by molar-refractivity contribution is -0.0178. The lowest BCUT2D eigenvalue weighted by atomic mass is 9.80. The Kier molecular flexibility index (Phi) is 4.41. The van der Waals surface area contributed by atoms with E-state index in [4.69, 9.17) is 15.2 Å². The average Bonchev–Trinajstić information content (AvgIpc) is 2.57. The molecule has 1 amide bonds. The van der Waals surface area contributed by atoms with Crippen LogP contribution in [0.15, 0.2) is 36.4 Å². The Morgan fingerprint density at radius 3 is 2.80 bits per heavy atom. The first kappa shape index (κ1) is 17.3. The van der Waals surface area contributed by atoms with E-state index >= 15 is 0 Å². The van der Waals surface area contributed by atoms with Crippen LogP contribution in [-0.4, -0.2) is 12.7 Å². The summed E-state index contributed by atoms with van der Waals surface area (Å²) in [5.74, 6) is 0.134. The molecule has 0 aromatic heterocycles. The van der Waals surface area contributed by atoms with Gasteiger partial charge in [0, 0.05) is 16.5 Å². The zero-order valence-electron chi connectivity index (χ0n) is 14.6. The van der Waals surface area contributed by atoms with E-state index < -0.39 is 17.6 Å². The van der Waals surface area contributed by atoms with Crippen LogP contribution in [0.25, 0.3) is 11.1 Å². The minimum atomic E-state index is -0.883. The second-order valence-corrected chi connectivity index (χ2v) is 7.02. The number of halogens is 1. The van der Waals surface area contributed by atoms with Crippen molar-refractivity contribution in [3.63, 3.8) is 0 Å². The second-order valence-electron chi connectivity index (χ2n) is 7.02. The van der Waals surface area contributed by atoms with Crippen molar-refractivity contribution in [3.05, 3.63) is 53.3 Å². The summed E-state index contributed by atoms with van der Waals surface area (Å²) in [7, 11) is 0. The molecule has 1 unspecified atom stereocenters. The van der Waals surface area contributed by atoms with Gasteiger partial charge in [-0.05, 0) is 29.7 Å². The standard InChI is InChI=1S/C20H22FNO3/c1-4-12-6-5-7-13(8-12)14-10-17-15(9-16(14)21)18(25-19(22)23)20(2,3)11-24-17/h5-10,18H,4,11H2,1-3H3,(H2,22,23). The van der Waals surface area contributed by atoms with Crippen molar-refractivity contribution in [2.24, 2.45) is 11.1 Å². The maximum Gasteiger partial charge on any atom is 0.405 e. The predicted octanol–water partition coefficient (Wildman–Crippen LogP) is 4.61. The molecular weight excluding hydrogens is 321 g/mol. The Hall–Kier alpha value is -2.56. The summed E-state index contributed by atoms with van der Waals surface area (Å²) in [6, 6.07) is 10.8. The van der Waals surface area contributed by atoms with Crippen molar-refractivity contribution in [2.45, 2.75) is 33.3 Å². The third-order valence-electron chi connectivity index (χ3n) is 4.57. The van der Waals surface area contributed by atoms with Gasteiger partial charge in [-0.1, -0.05) is 45.0 Å². The molecule has 25 heavy (non-hydrogen) atoms. The number of amides is 1. The number of hydrogen-bond donors (Lipinski definition) is 1. The lowest BCUT2D eigenvalue weighted by Crippen LogP contribution is -2.37. The van der Waals surface area contributed by atoms with Crippen LogP contribution < -0.4 is 10.5 Å². The van der Waals surface area contributed by atoms with Gasteiger partial charge in [0.05, 0.1) is 6.61 Å². The van der Waals surface area contributed by atoms with Crippen LogP contribution in [-0.2, 0) is 11.2 Å². The van der Waals surface area contributed by atoms with Crippen molar-refractivity contribution in [2.75, 3.05) is 6.61 Å². The Labute approximate surface area is 146 Å². The number of primary amides is 1. The fourth-order valence-corrected chi connectivity index (χ4v) is 3.18. The fourth-order valence-electron chi connectivity index (χ4n) is 3.18. The molecule has 0 radical (unpaired) electrons. The highest BCUT2D eigenvalue weighted by atomic mass is 19.1. The van der Waals surface area contributed by atoms with E-state index in [0.717, 1.165) is 17.5 Å². The predicted molar refractivity (Wildman–Crippen MR) is 93.9 cm³/mol. The molecule has 2 aromatic carbocycles. The monoisotopic (exact) mass is 343 g/mol. The molecule has 1 heterocycles. The van der Waals surface area contributed by atoms with Crippen LogP contribution in [0.5, 0.6) is 5.75 Å². The first-order chi connectivity index (χ1) is 11.8. The van der Waals surface area contributed by atoms with Crippen LogP contribution in [0.3, 0.4) is 0 Å². The molecule has 132 valence electrons. The highest BCUT2D eigenvalue weighted by Gasteiger charge is 2.41. The van der Waals surface area contributed by atoms with Gasteiger partial charge in [-0.15, -0.1) is 0 Å². The molecule has 5 heteroatoms. The van der Waals surface area contributed by atoms with Crippen molar-refractivity contribution in [1.82, 2.24) is 0 Å². The van der Waals surface area contributed by atoms with Crippen molar-refractivity contribution in [3.8, 4) is 16.9 Å². The van der Waals surface area contributed by atoms with Gasteiger partial charge in [0.15, 0.2) is 0 Å². The van der Waals surface area contributed by atoms with Gasteiger partial charge in [0.25, 0.3) is 0 Å². The molecule has 0 aliphatic carbocycles. The Morgan fingerprint density at radius 2 is 2.12 bits per heavy atom. The zero-order chi connectivity index (χ0) is 18.2. The van der Waals surface area contributed by atoms with Crippen LogP contribution >= 0.6 is 0 Å². The van der Waals surface area contributed by atoms with Crippen molar-refractivity contribution in [1.29, 1.82) is 0 Å². The van der Waals surface area contributed by atoms with Crippen LogP contribution in [0, 0.1) is 11.2 Å². The van der Waals surface area contributed by atoms with Gasteiger partial charge in [0.1, 0.15) is 17.7 Å². The molecule has 3 rings (SSSR count). The van der Waals surface area contributed by atoms with Crippen LogP contribution in [0.1, 0.15) is 38.0 Å². The van der Waals surface area contributed by atoms with E-state index in [9.17, 15) is 9.18 Å². The average molecular weight is 343 g/mol. The number of benzene rings is 2. The smallest absolute Gasteiger partial charge is 0.405 e. The van der Waals surface area contributed by atoms with E-state index in [-0.39, 0.29) is 5.82 Å². The van der Waals surface area contributed by atoms with Gasteiger partial charge in [-0.3, -0.25) is 0 Å². The number of nitrogens with two attached hydrogens (primary N) is 1. The summed E-state index contributed by atoms with van der Waals surface area (Å²) < 4.78 is 25.9. The SMILES string of the molecule is CCc1cccc(-c2cc3c(cc2F)C(OC(N)=O)C(C)(C)CO3)c1. The van der Waals surface area contributed by atoms with E-state index in [1.807, 2.05) is 38.1 Å². The first-order valence-electron chi connectivity index (χ1n) is 8.33. The summed E-state index contributed by atoms with van der Waals surface area (Å²) in [5, 5.41) is 0. The minimum absolute atomic E-state index is 0.345. The van der Waals surface area contributed by atoms with E-state index in [0.29, 0.717) is 23.5 Å². The van der Waals surface area contributed by atoms with Crippen molar-refractivity contribution >= 4 is 6.09 Å². The first-order valence-corrected chi connectivity index (χ1v) is 8.33. The molecule has 4 nitrogen and oxygen atoms in total. The molecule has 2 aromatic rings. The van der Waals surface area contributed by atoms with Gasteiger partial charge in [-0.2, -0.15) is 0 Å². The molecule has 0 fully saturated rings. The Morgan fingerprint density at radius 1 is 1.36 bits per heavy atom. The Balaban J connectivity index is 2.08. The number of carbonyl (C=O) groups excluding carboxylic acids is 1. The number of carbonyl (C=O) groups is 1. The summed E-state index contributed by atoms with van der Waals surface area (Å²) in [5.41, 5.74) is 7.59. The van der Waals surface area contributed by atoms with Crippen molar-refractivity contribution < 1.29 is 18.7 Å². The molecule has 0 spiro atoms.